The third-order valence-corrected chi connectivity index (χ3v) is 5.06. The van der Waals surface area contributed by atoms with E-state index in [0.29, 0.717) is 33.4 Å². The van der Waals surface area contributed by atoms with Crippen molar-refractivity contribution in [3.05, 3.63) is 83.1 Å². The molecule has 0 bridgehead atoms. The number of aromatic nitrogens is 2. The van der Waals surface area contributed by atoms with Gasteiger partial charge >= 0.3 is 0 Å². The van der Waals surface area contributed by atoms with E-state index in [4.69, 9.17) is 21.1 Å². The Kier molecular flexibility index (Phi) is 4.33. The smallest absolute Gasteiger partial charge is 0.231 e. The molecule has 1 unspecified atom stereocenters. The molecule has 0 saturated carbocycles. The Morgan fingerprint density at radius 3 is 2.76 bits per heavy atom. The van der Waals surface area contributed by atoms with Crippen LogP contribution in [0.15, 0.2) is 67.0 Å². The van der Waals surface area contributed by atoms with Crippen LogP contribution in [0.3, 0.4) is 0 Å². The van der Waals surface area contributed by atoms with Crippen molar-refractivity contribution in [3.8, 4) is 17.2 Å². The van der Waals surface area contributed by atoms with Crippen LogP contribution in [0, 0.1) is 0 Å². The molecular formula is C22H16ClN3O3. The van der Waals surface area contributed by atoms with Gasteiger partial charge in [-0.05, 0) is 35.9 Å². The summed E-state index contributed by atoms with van der Waals surface area (Å²) in [5.74, 6) is 2.10. The third kappa shape index (κ3) is 3.28. The maximum absolute atomic E-state index is 11.0. The second kappa shape index (κ2) is 7.14. The highest BCUT2D eigenvalue weighted by molar-refractivity contribution is 6.30. The van der Waals surface area contributed by atoms with Gasteiger partial charge in [-0.1, -0.05) is 35.9 Å². The van der Waals surface area contributed by atoms with Gasteiger partial charge in [-0.2, -0.15) is 0 Å². The number of aromatic hydroxyl groups is 1. The molecule has 1 aliphatic heterocycles. The lowest BCUT2D eigenvalue weighted by Gasteiger charge is -2.22. The van der Waals surface area contributed by atoms with Crippen LogP contribution < -0.4 is 14.8 Å². The summed E-state index contributed by atoms with van der Waals surface area (Å²) in [4.78, 5) is 8.68. The lowest BCUT2D eigenvalue weighted by atomic mass is 9.96. The van der Waals surface area contributed by atoms with Crippen molar-refractivity contribution in [2.75, 3.05) is 12.1 Å². The van der Waals surface area contributed by atoms with Gasteiger partial charge in [-0.25, -0.2) is 4.98 Å². The number of ether oxygens (including phenoxy) is 2. The number of benzene rings is 2. The number of fused-ring (bicyclic) bond motifs is 2. The number of pyridine rings is 2. The van der Waals surface area contributed by atoms with Crippen LogP contribution in [0.4, 0.5) is 5.82 Å². The molecule has 6 nitrogen and oxygen atoms in total. The molecule has 2 aromatic carbocycles. The lowest BCUT2D eigenvalue weighted by Crippen LogP contribution is -2.13. The number of rotatable bonds is 4. The van der Waals surface area contributed by atoms with E-state index in [9.17, 15) is 5.11 Å². The molecule has 29 heavy (non-hydrogen) atoms. The van der Waals surface area contributed by atoms with Crippen LogP contribution in [0.1, 0.15) is 17.2 Å². The van der Waals surface area contributed by atoms with Crippen LogP contribution in [0.2, 0.25) is 5.02 Å². The van der Waals surface area contributed by atoms with Gasteiger partial charge in [0.2, 0.25) is 6.79 Å². The second-order valence-corrected chi connectivity index (χ2v) is 7.07. The number of phenolic OH excluding ortho intramolecular Hbond substituents is 1. The summed E-state index contributed by atoms with van der Waals surface area (Å²) >= 11 is 5.97. The van der Waals surface area contributed by atoms with Crippen LogP contribution >= 0.6 is 11.6 Å². The fourth-order valence-corrected chi connectivity index (χ4v) is 3.53. The zero-order valence-corrected chi connectivity index (χ0v) is 15.9. The number of phenols is 1. The summed E-state index contributed by atoms with van der Waals surface area (Å²) in [7, 11) is 0. The van der Waals surface area contributed by atoms with E-state index in [1.807, 2.05) is 42.5 Å². The topological polar surface area (TPSA) is 76.5 Å². The number of hydrogen-bond acceptors (Lipinski definition) is 6. The van der Waals surface area contributed by atoms with Crippen molar-refractivity contribution < 1.29 is 14.6 Å². The van der Waals surface area contributed by atoms with Crippen molar-refractivity contribution in [2.24, 2.45) is 0 Å². The number of hydrogen-bond donors (Lipinski definition) is 2. The minimum Gasteiger partial charge on any atom is -0.505 e. The Morgan fingerprint density at radius 2 is 1.90 bits per heavy atom. The molecule has 0 fully saturated rings. The van der Waals surface area contributed by atoms with Crippen molar-refractivity contribution in [2.45, 2.75) is 6.04 Å². The van der Waals surface area contributed by atoms with Gasteiger partial charge < -0.3 is 19.9 Å². The molecule has 0 amide bonds. The number of nitrogens with zero attached hydrogens (tertiary/aromatic N) is 2. The number of nitrogens with one attached hydrogen (secondary N) is 1. The highest BCUT2D eigenvalue weighted by atomic mass is 35.5. The number of halogens is 1. The monoisotopic (exact) mass is 405 g/mol. The van der Waals surface area contributed by atoms with Gasteiger partial charge in [-0.3, -0.25) is 4.98 Å². The molecular weight excluding hydrogens is 390 g/mol. The fraction of sp³-hybridized carbons (Fsp3) is 0.0909. The summed E-state index contributed by atoms with van der Waals surface area (Å²) < 4.78 is 11.0. The lowest BCUT2D eigenvalue weighted by molar-refractivity contribution is 0.174. The van der Waals surface area contributed by atoms with E-state index < -0.39 is 6.04 Å². The maximum Gasteiger partial charge on any atom is 0.231 e. The normalized spacial score (nSPS) is 13.4. The predicted molar refractivity (Wildman–Crippen MR) is 111 cm³/mol. The molecule has 7 heteroatoms. The Bertz CT molecular complexity index is 1200. The summed E-state index contributed by atoms with van der Waals surface area (Å²) in [6, 6.07) is 16.4. The molecule has 0 aliphatic carbocycles. The number of anilines is 1. The molecule has 0 spiro atoms. The molecule has 2 aromatic heterocycles. The van der Waals surface area contributed by atoms with Gasteiger partial charge in [-0.15, -0.1) is 0 Å². The van der Waals surface area contributed by atoms with Crippen molar-refractivity contribution in [1.29, 1.82) is 0 Å². The molecule has 144 valence electrons. The van der Waals surface area contributed by atoms with Crippen molar-refractivity contribution in [1.82, 2.24) is 9.97 Å². The summed E-state index contributed by atoms with van der Waals surface area (Å²) in [6.07, 6.45) is 3.23. The van der Waals surface area contributed by atoms with E-state index in [0.717, 1.165) is 10.9 Å². The quantitative estimate of drug-likeness (QED) is 0.502. The minimum atomic E-state index is -0.399. The van der Waals surface area contributed by atoms with Crippen LogP contribution in [0.25, 0.3) is 10.9 Å². The SMILES string of the molecule is Oc1c(C(Nc2ccc(Cl)cn2)c2ccc3c(c2)OCO3)ccc2cccnc12. The predicted octanol–water partition coefficient (Wildman–Crippen LogP) is 4.92. The van der Waals surface area contributed by atoms with Gasteiger partial charge in [0.25, 0.3) is 0 Å². The molecule has 0 radical (unpaired) electrons. The zero-order valence-electron chi connectivity index (χ0n) is 15.2. The average Bonchev–Trinajstić information content (AvgIpc) is 3.22. The van der Waals surface area contributed by atoms with Gasteiger partial charge in [0, 0.05) is 23.3 Å². The van der Waals surface area contributed by atoms with Crippen molar-refractivity contribution in [3.63, 3.8) is 0 Å². The molecule has 0 saturated heterocycles. The largest absolute Gasteiger partial charge is 0.505 e. The fourth-order valence-electron chi connectivity index (χ4n) is 3.42. The van der Waals surface area contributed by atoms with E-state index in [2.05, 4.69) is 15.3 Å². The van der Waals surface area contributed by atoms with Crippen LogP contribution in [-0.2, 0) is 0 Å². The first-order valence-corrected chi connectivity index (χ1v) is 9.41. The summed E-state index contributed by atoms with van der Waals surface area (Å²) in [6.45, 7) is 0.195. The Hall–Kier alpha value is -3.51. The summed E-state index contributed by atoms with van der Waals surface area (Å²) in [5, 5.41) is 15.8. The molecule has 1 atom stereocenters. The highest BCUT2D eigenvalue weighted by Crippen LogP contribution is 2.40. The first-order valence-electron chi connectivity index (χ1n) is 9.03. The highest BCUT2D eigenvalue weighted by Gasteiger charge is 2.23. The molecule has 4 aromatic rings. The Balaban J connectivity index is 1.63. The third-order valence-electron chi connectivity index (χ3n) is 4.84. The van der Waals surface area contributed by atoms with Gasteiger partial charge in [0.05, 0.1) is 11.1 Å². The minimum absolute atomic E-state index is 0.118. The first-order chi connectivity index (χ1) is 14.2. The van der Waals surface area contributed by atoms with E-state index in [1.165, 1.54) is 0 Å². The molecule has 2 N–H and O–H groups in total. The molecule has 5 rings (SSSR count). The van der Waals surface area contributed by atoms with E-state index in [-0.39, 0.29) is 12.5 Å². The first kappa shape index (κ1) is 17.6. The second-order valence-electron chi connectivity index (χ2n) is 6.63. The Labute approximate surface area is 171 Å². The Morgan fingerprint density at radius 1 is 1.00 bits per heavy atom. The average molecular weight is 406 g/mol. The summed E-state index contributed by atoms with van der Waals surface area (Å²) in [5.41, 5.74) is 2.10. The van der Waals surface area contributed by atoms with Gasteiger partial charge in [0.1, 0.15) is 17.1 Å². The van der Waals surface area contributed by atoms with Crippen molar-refractivity contribution >= 4 is 28.3 Å². The zero-order chi connectivity index (χ0) is 19.8. The molecule has 1 aliphatic rings. The molecule has 3 heterocycles. The van der Waals surface area contributed by atoms with Crippen LogP contribution in [-0.4, -0.2) is 21.9 Å². The van der Waals surface area contributed by atoms with Crippen LogP contribution in [0.5, 0.6) is 17.2 Å². The standard InChI is InChI=1S/C22H16ClN3O3/c23-15-5-8-19(25-11-15)26-20(14-4-7-17-18(10-14)29-12-28-17)16-6-3-13-2-1-9-24-21(13)22(16)27/h1-11,20,27H,12H2,(H,25,26). The van der Waals surface area contributed by atoms with Gasteiger partial charge in [0.15, 0.2) is 11.5 Å². The van der Waals surface area contributed by atoms with E-state index in [1.54, 1.807) is 24.5 Å². The van der Waals surface area contributed by atoms with E-state index >= 15 is 0 Å². The maximum atomic E-state index is 11.0.